The van der Waals surface area contributed by atoms with Crippen LogP contribution in [0.1, 0.15) is 67.2 Å². The second-order valence-electron chi connectivity index (χ2n) is 7.66. The molecule has 0 aromatic rings. The van der Waals surface area contributed by atoms with E-state index in [1.54, 1.807) is 5.57 Å². The van der Waals surface area contributed by atoms with Crippen LogP contribution in [0, 0.1) is 16.7 Å². The van der Waals surface area contributed by atoms with Crippen molar-refractivity contribution in [2.45, 2.75) is 67.2 Å². The molecular weight excluding hydrogens is 206 g/mol. The van der Waals surface area contributed by atoms with Crippen molar-refractivity contribution in [1.82, 2.24) is 0 Å². The van der Waals surface area contributed by atoms with Crippen LogP contribution in [0.5, 0.6) is 0 Å². The van der Waals surface area contributed by atoms with Crippen LogP contribution in [-0.4, -0.2) is 5.71 Å². The molecule has 1 unspecified atom stereocenters. The maximum atomic E-state index is 5.03. The van der Waals surface area contributed by atoms with Crippen molar-refractivity contribution in [2.75, 3.05) is 0 Å². The highest BCUT2D eigenvalue weighted by Crippen LogP contribution is 2.48. The standard InChI is InChI=1S/C16H27N/c1-15(2,3)13-11-9-7-8-10-12(11)17-14(13)16(4,5)6/h11H,7-10H2,1-6H3. The van der Waals surface area contributed by atoms with E-state index in [0.717, 1.165) is 0 Å². The summed E-state index contributed by atoms with van der Waals surface area (Å²) in [5.74, 6) is 0.665. The number of rotatable bonds is 0. The van der Waals surface area contributed by atoms with Gasteiger partial charge in [0.25, 0.3) is 0 Å². The summed E-state index contributed by atoms with van der Waals surface area (Å²) in [6.07, 6.45) is 5.26. The molecule has 1 nitrogen and oxygen atoms in total. The molecule has 0 radical (unpaired) electrons. The maximum absolute atomic E-state index is 5.03. The molecule has 0 aromatic carbocycles. The van der Waals surface area contributed by atoms with Crippen molar-refractivity contribution in [2.24, 2.45) is 21.7 Å². The summed E-state index contributed by atoms with van der Waals surface area (Å²) in [6.45, 7) is 13.9. The molecule has 1 fully saturated rings. The number of nitrogens with zero attached hydrogens (tertiary/aromatic N) is 1. The molecule has 0 bridgehead atoms. The highest BCUT2D eigenvalue weighted by molar-refractivity contribution is 5.93. The summed E-state index contributed by atoms with van der Waals surface area (Å²) < 4.78 is 0. The molecule has 0 amide bonds. The SMILES string of the molecule is CC(C)(C)C1=C(C(C)(C)C)C2CCCCC2=N1. The van der Waals surface area contributed by atoms with Gasteiger partial charge in [0.15, 0.2) is 0 Å². The van der Waals surface area contributed by atoms with Gasteiger partial charge in [0.1, 0.15) is 0 Å². The second-order valence-corrected chi connectivity index (χ2v) is 7.66. The third kappa shape index (κ3) is 2.34. The Morgan fingerprint density at radius 3 is 2.12 bits per heavy atom. The van der Waals surface area contributed by atoms with Crippen LogP contribution in [0.4, 0.5) is 0 Å². The summed E-state index contributed by atoms with van der Waals surface area (Å²) in [6, 6.07) is 0. The minimum atomic E-state index is 0.187. The molecular formula is C16H27N. The molecule has 0 aromatic heterocycles. The van der Waals surface area contributed by atoms with E-state index in [4.69, 9.17) is 4.99 Å². The fourth-order valence-corrected chi connectivity index (χ4v) is 3.26. The molecule has 17 heavy (non-hydrogen) atoms. The number of hydrogen-bond donors (Lipinski definition) is 0. The Morgan fingerprint density at radius 1 is 0.941 bits per heavy atom. The van der Waals surface area contributed by atoms with Crippen molar-refractivity contribution in [3.8, 4) is 0 Å². The smallest absolute Gasteiger partial charge is 0.0460 e. The molecule has 1 heteroatoms. The number of aliphatic imine (C=N–C) groups is 1. The maximum Gasteiger partial charge on any atom is 0.0460 e. The van der Waals surface area contributed by atoms with E-state index in [2.05, 4.69) is 41.5 Å². The lowest BCUT2D eigenvalue weighted by atomic mass is 9.70. The van der Waals surface area contributed by atoms with Gasteiger partial charge in [0.05, 0.1) is 0 Å². The minimum absolute atomic E-state index is 0.187. The van der Waals surface area contributed by atoms with Gasteiger partial charge < -0.3 is 0 Å². The van der Waals surface area contributed by atoms with E-state index in [9.17, 15) is 0 Å². The molecule has 1 aliphatic carbocycles. The fourth-order valence-electron chi connectivity index (χ4n) is 3.26. The lowest BCUT2D eigenvalue weighted by molar-refractivity contribution is 0.407. The predicted octanol–water partition coefficient (Wildman–Crippen LogP) is 4.98. The van der Waals surface area contributed by atoms with E-state index >= 15 is 0 Å². The Morgan fingerprint density at radius 2 is 1.59 bits per heavy atom. The highest BCUT2D eigenvalue weighted by Gasteiger charge is 2.40. The molecule has 0 N–H and O–H groups in total. The van der Waals surface area contributed by atoms with Gasteiger partial charge in [-0.2, -0.15) is 0 Å². The summed E-state index contributed by atoms with van der Waals surface area (Å²) in [4.78, 5) is 5.03. The Labute approximate surface area is 106 Å². The first-order valence-corrected chi connectivity index (χ1v) is 7.04. The Bertz CT molecular complexity index is 371. The average Bonchev–Trinajstić information content (AvgIpc) is 2.54. The number of hydrogen-bond acceptors (Lipinski definition) is 1. The highest BCUT2D eigenvalue weighted by atomic mass is 14.8. The molecule has 96 valence electrons. The van der Waals surface area contributed by atoms with Gasteiger partial charge in [-0.15, -0.1) is 0 Å². The first-order valence-electron chi connectivity index (χ1n) is 7.04. The molecule has 1 aliphatic heterocycles. The molecule has 1 atom stereocenters. The van der Waals surface area contributed by atoms with Crippen LogP contribution in [0.15, 0.2) is 16.3 Å². The zero-order valence-corrected chi connectivity index (χ0v) is 12.4. The van der Waals surface area contributed by atoms with Crippen LogP contribution in [0.3, 0.4) is 0 Å². The van der Waals surface area contributed by atoms with E-state index in [1.807, 2.05) is 0 Å². The fraction of sp³-hybridized carbons (Fsp3) is 0.812. The Balaban J connectivity index is 2.48. The zero-order valence-electron chi connectivity index (χ0n) is 12.4. The van der Waals surface area contributed by atoms with Gasteiger partial charge in [0.2, 0.25) is 0 Å². The quantitative estimate of drug-likeness (QED) is 0.559. The largest absolute Gasteiger partial charge is 0.261 e. The molecule has 2 rings (SSSR count). The van der Waals surface area contributed by atoms with Crippen molar-refractivity contribution >= 4 is 5.71 Å². The van der Waals surface area contributed by atoms with Crippen LogP contribution >= 0.6 is 0 Å². The first-order chi connectivity index (χ1) is 7.71. The summed E-state index contributed by atoms with van der Waals surface area (Å²) in [5, 5.41) is 0. The normalized spacial score (nSPS) is 26.0. The van der Waals surface area contributed by atoms with Crippen LogP contribution < -0.4 is 0 Å². The third-order valence-corrected chi connectivity index (χ3v) is 3.96. The van der Waals surface area contributed by atoms with Crippen molar-refractivity contribution in [1.29, 1.82) is 0 Å². The summed E-state index contributed by atoms with van der Waals surface area (Å²) in [5.41, 5.74) is 4.93. The van der Waals surface area contributed by atoms with E-state index in [-0.39, 0.29) is 10.8 Å². The van der Waals surface area contributed by atoms with Gasteiger partial charge in [-0.3, -0.25) is 4.99 Å². The van der Waals surface area contributed by atoms with Gasteiger partial charge in [-0.05, 0) is 30.3 Å². The van der Waals surface area contributed by atoms with Crippen LogP contribution in [0.2, 0.25) is 0 Å². The van der Waals surface area contributed by atoms with E-state index in [0.29, 0.717) is 5.92 Å². The van der Waals surface area contributed by atoms with Gasteiger partial charge in [0, 0.05) is 22.7 Å². The average molecular weight is 233 g/mol. The molecule has 2 aliphatic rings. The number of fused-ring (bicyclic) bond motifs is 1. The summed E-state index contributed by atoms with van der Waals surface area (Å²) >= 11 is 0. The third-order valence-electron chi connectivity index (χ3n) is 3.96. The predicted molar refractivity (Wildman–Crippen MR) is 75.3 cm³/mol. The monoisotopic (exact) mass is 233 g/mol. The molecule has 1 heterocycles. The molecule has 0 saturated heterocycles. The summed E-state index contributed by atoms with van der Waals surface area (Å²) in [7, 11) is 0. The second kappa shape index (κ2) is 3.96. The zero-order chi connectivity index (χ0) is 12.8. The van der Waals surface area contributed by atoms with Crippen LogP contribution in [0.25, 0.3) is 0 Å². The molecule has 1 saturated carbocycles. The van der Waals surface area contributed by atoms with Gasteiger partial charge in [-0.1, -0.05) is 48.0 Å². The van der Waals surface area contributed by atoms with Gasteiger partial charge in [-0.25, -0.2) is 0 Å². The van der Waals surface area contributed by atoms with Crippen LogP contribution in [-0.2, 0) is 0 Å². The minimum Gasteiger partial charge on any atom is -0.261 e. The number of allylic oxidation sites excluding steroid dienone is 2. The topological polar surface area (TPSA) is 12.4 Å². The molecule has 0 spiro atoms. The lowest BCUT2D eigenvalue weighted by Gasteiger charge is -2.33. The van der Waals surface area contributed by atoms with Crippen molar-refractivity contribution in [3.05, 3.63) is 11.3 Å². The van der Waals surface area contributed by atoms with Crippen molar-refractivity contribution in [3.63, 3.8) is 0 Å². The Kier molecular flexibility index (Phi) is 3.00. The van der Waals surface area contributed by atoms with E-state index in [1.165, 1.54) is 37.1 Å². The first kappa shape index (κ1) is 12.9. The lowest BCUT2D eigenvalue weighted by Crippen LogP contribution is -2.25. The Hall–Kier alpha value is -0.590. The van der Waals surface area contributed by atoms with Crippen molar-refractivity contribution < 1.29 is 0 Å². The van der Waals surface area contributed by atoms with E-state index < -0.39 is 0 Å². The van der Waals surface area contributed by atoms with Gasteiger partial charge >= 0.3 is 0 Å².